The molecule has 9 nitrogen and oxygen atoms in total. The third kappa shape index (κ3) is 4.36. The third-order valence-electron chi connectivity index (χ3n) is 5.56. The van der Waals surface area contributed by atoms with Gasteiger partial charge in [-0.25, -0.2) is 14.6 Å². The van der Waals surface area contributed by atoms with Crippen LogP contribution < -0.4 is 16.9 Å². The lowest BCUT2D eigenvalue weighted by atomic mass is 10.1. The summed E-state index contributed by atoms with van der Waals surface area (Å²) >= 11 is 0. The van der Waals surface area contributed by atoms with Crippen LogP contribution in [0.5, 0.6) is 0 Å². The molecule has 0 bridgehead atoms. The Balaban J connectivity index is 1.64. The molecule has 3 aromatic rings. The molecule has 1 saturated heterocycles. The minimum absolute atomic E-state index is 0.113. The first-order valence-electron chi connectivity index (χ1n) is 10.6. The number of aryl methyl sites for hydroxylation is 1. The van der Waals surface area contributed by atoms with Crippen molar-refractivity contribution >= 4 is 17.6 Å². The number of pyridine rings is 1. The summed E-state index contributed by atoms with van der Waals surface area (Å²) in [6.07, 6.45) is 3.41. The maximum absolute atomic E-state index is 12.6. The fourth-order valence-corrected chi connectivity index (χ4v) is 4.01. The Labute approximate surface area is 191 Å². The molecule has 33 heavy (non-hydrogen) atoms. The first-order chi connectivity index (χ1) is 15.9. The summed E-state index contributed by atoms with van der Waals surface area (Å²) in [7, 11) is 0. The van der Waals surface area contributed by atoms with Crippen LogP contribution in [0.4, 0.5) is 5.82 Å². The second-order valence-corrected chi connectivity index (χ2v) is 7.86. The van der Waals surface area contributed by atoms with Gasteiger partial charge < -0.3 is 21.8 Å². The van der Waals surface area contributed by atoms with E-state index in [9.17, 15) is 9.59 Å². The van der Waals surface area contributed by atoms with Crippen LogP contribution in [-0.2, 0) is 0 Å². The summed E-state index contributed by atoms with van der Waals surface area (Å²) in [6.45, 7) is 4.50. The van der Waals surface area contributed by atoms with Gasteiger partial charge in [0, 0.05) is 29.9 Å². The van der Waals surface area contributed by atoms with E-state index in [0.29, 0.717) is 28.5 Å². The van der Waals surface area contributed by atoms with Crippen molar-refractivity contribution in [1.82, 2.24) is 19.5 Å². The molecule has 0 saturated carbocycles. The maximum atomic E-state index is 12.6. The van der Waals surface area contributed by atoms with Crippen molar-refractivity contribution in [3.8, 4) is 23.2 Å². The highest BCUT2D eigenvalue weighted by Gasteiger charge is 2.32. The number of hydrogen-bond donors (Lipinski definition) is 3. The normalized spacial score (nSPS) is 15.1. The van der Waals surface area contributed by atoms with Gasteiger partial charge in [0.15, 0.2) is 11.5 Å². The van der Waals surface area contributed by atoms with Crippen LogP contribution in [-0.4, -0.2) is 37.9 Å². The van der Waals surface area contributed by atoms with E-state index in [1.807, 2.05) is 17.9 Å². The molecule has 4 rings (SSSR count). The van der Waals surface area contributed by atoms with E-state index in [0.717, 1.165) is 24.9 Å². The lowest BCUT2D eigenvalue weighted by molar-refractivity contribution is 0.0991. The van der Waals surface area contributed by atoms with Crippen LogP contribution in [0.2, 0.25) is 0 Å². The number of rotatable bonds is 5. The molecule has 168 valence electrons. The summed E-state index contributed by atoms with van der Waals surface area (Å²) in [5.74, 6) is 9.21. The summed E-state index contributed by atoms with van der Waals surface area (Å²) in [4.78, 5) is 35.6. The van der Waals surface area contributed by atoms with Crippen LogP contribution >= 0.6 is 0 Å². The molecule has 5 N–H and O–H groups in total. The molecule has 0 radical (unpaired) electrons. The van der Waals surface area contributed by atoms with Gasteiger partial charge in [0.1, 0.15) is 11.5 Å². The molecule has 2 aromatic heterocycles. The van der Waals surface area contributed by atoms with Gasteiger partial charge in [0.05, 0.1) is 6.04 Å². The first kappa shape index (κ1) is 21.9. The van der Waals surface area contributed by atoms with Crippen LogP contribution in [0.3, 0.4) is 0 Å². The lowest BCUT2D eigenvalue weighted by Gasteiger charge is -2.19. The van der Waals surface area contributed by atoms with Gasteiger partial charge in [0.2, 0.25) is 0 Å². The largest absolute Gasteiger partial charge is 0.364 e. The van der Waals surface area contributed by atoms with Crippen molar-refractivity contribution in [2.24, 2.45) is 5.73 Å². The molecule has 9 heteroatoms. The molecule has 0 spiro atoms. The van der Waals surface area contributed by atoms with Crippen molar-refractivity contribution in [3.63, 3.8) is 0 Å². The second kappa shape index (κ2) is 9.04. The number of nitrogens with zero attached hydrogens (tertiary/aromatic N) is 4. The first-order valence-corrected chi connectivity index (χ1v) is 10.6. The van der Waals surface area contributed by atoms with Crippen molar-refractivity contribution in [1.29, 1.82) is 0 Å². The van der Waals surface area contributed by atoms with Gasteiger partial charge >= 0.3 is 0 Å². The number of nitrogen functional groups attached to an aromatic ring is 1. The molecule has 1 aromatic carbocycles. The number of primary amides is 1. The Morgan fingerprint density at radius 3 is 2.64 bits per heavy atom. The van der Waals surface area contributed by atoms with Crippen LogP contribution in [0.1, 0.15) is 58.0 Å². The van der Waals surface area contributed by atoms with Gasteiger partial charge in [-0.05, 0) is 56.5 Å². The molecular weight excluding hydrogens is 418 g/mol. The number of imidazole rings is 1. The van der Waals surface area contributed by atoms with E-state index in [4.69, 9.17) is 11.6 Å². The second-order valence-electron chi connectivity index (χ2n) is 7.86. The third-order valence-corrected chi connectivity index (χ3v) is 5.56. The topological polar surface area (TPSA) is 132 Å². The van der Waals surface area contributed by atoms with Crippen molar-refractivity contribution in [3.05, 3.63) is 65.2 Å². The van der Waals surface area contributed by atoms with E-state index in [1.54, 1.807) is 43.5 Å². The number of aromatic nitrogens is 3. The monoisotopic (exact) mass is 443 g/mol. The highest BCUT2D eigenvalue weighted by molar-refractivity contribution is 6.04. The standard InChI is InChI=1S/C24H25N7O2/c1-3-12-30-13-4-5-18(30)23-29-20(21(22(25)32)31(23)26)16-6-8-17(9-7-16)24(33)28-19-14-15(2)10-11-27-19/h6-11,14,18H,4-5,13,26H2,1-2H3,(H2,25,32)(H,27,28,33). The Morgan fingerprint density at radius 2 is 1.97 bits per heavy atom. The highest BCUT2D eigenvalue weighted by Crippen LogP contribution is 2.33. The van der Waals surface area contributed by atoms with E-state index in [1.165, 1.54) is 4.68 Å². The SMILES string of the molecule is CC#CN1CCCC1c1nc(-c2ccc(C(=O)Nc3cc(C)ccn3)cc2)c(C(N)=O)n1N. The smallest absolute Gasteiger partial charge is 0.269 e. The summed E-state index contributed by atoms with van der Waals surface area (Å²) in [5.41, 5.74) is 8.20. The summed E-state index contributed by atoms with van der Waals surface area (Å²) < 4.78 is 1.27. The number of nitrogens with one attached hydrogen (secondary N) is 1. The van der Waals surface area contributed by atoms with Crippen LogP contribution in [0.15, 0.2) is 42.6 Å². The number of carbonyl (C=O) groups excluding carboxylic acids is 2. The molecule has 0 aliphatic carbocycles. The molecule has 2 amide bonds. The summed E-state index contributed by atoms with van der Waals surface area (Å²) in [6, 6.07) is 13.3. The lowest BCUT2D eigenvalue weighted by Crippen LogP contribution is -2.27. The van der Waals surface area contributed by atoms with Crippen molar-refractivity contribution < 1.29 is 9.59 Å². The quantitative estimate of drug-likeness (QED) is 0.410. The number of carbonyl (C=O) groups is 2. The van der Waals surface area contributed by atoms with Gasteiger partial charge in [-0.1, -0.05) is 18.1 Å². The molecular formula is C24H25N7O2. The Morgan fingerprint density at radius 1 is 1.21 bits per heavy atom. The number of anilines is 1. The van der Waals surface area contributed by atoms with Crippen LogP contribution in [0.25, 0.3) is 11.3 Å². The average molecular weight is 444 g/mol. The van der Waals surface area contributed by atoms with E-state index in [2.05, 4.69) is 27.2 Å². The van der Waals surface area contributed by atoms with Gasteiger partial charge in [-0.15, -0.1) is 0 Å². The fraction of sp³-hybridized carbons (Fsp3) is 0.250. The fourth-order valence-electron chi connectivity index (χ4n) is 4.01. The van der Waals surface area contributed by atoms with E-state index < -0.39 is 5.91 Å². The van der Waals surface area contributed by atoms with Crippen molar-refractivity contribution in [2.75, 3.05) is 17.7 Å². The molecule has 1 atom stereocenters. The predicted octanol–water partition coefficient (Wildman–Crippen LogP) is 2.44. The minimum Gasteiger partial charge on any atom is -0.364 e. The number of benzene rings is 1. The number of nitrogens with two attached hydrogens (primary N) is 2. The Kier molecular flexibility index (Phi) is 6.00. The molecule has 1 fully saturated rings. The van der Waals surface area contributed by atoms with Gasteiger partial charge in [-0.2, -0.15) is 0 Å². The predicted molar refractivity (Wildman–Crippen MR) is 125 cm³/mol. The van der Waals surface area contributed by atoms with Crippen molar-refractivity contribution in [2.45, 2.75) is 32.7 Å². The maximum Gasteiger partial charge on any atom is 0.269 e. The Bertz CT molecular complexity index is 1270. The molecule has 1 aliphatic heterocycles. The van der Waals surface area contributed by atoms with Gasteiger partial charge in [-0.3, -0.25) is 9.59 Å². The number of amides is 2. The highest BCUT2D eigenvalue weighted by atomic mass is 16.2. The number of likely N-dealkylation sites (tertiary alicyclic amines) is 1. The molecule has 1 unspecified atom stereocenters. The zero-order valence-corrected chi connectivity index (χ0v) is 18.5. The minimum atomic E-state index is -0.676. The van der Waals surface area contributed by atoms with Crippen LogP contribution in [0, 0.1) is 18.9 Å². The zero-order chi connectivity index (χ0) is 23.5. The Hall–Kier alpha value is -4.32. The molecule has 3 heterocycles. The average Bonchev–Trinajstić information content (AvgIpc) is 3.38. The number of hydrogen-bond acceptors (Lipinski definition) is 6. The van der Waals surface area contributed by atoms with E-state index >= 15 is 0 Å². The zero-order valence-electron chi connectivity index (χ0n) is 18.5. The van der Waals surface area contributed by atoms with Gasteiger partial charge in [0.25, 0.3) is 11.8 Å². The van der Waals surface area contributed by atoms with E-state index in [-0.39, 0.29) is 17.6 Å². The molecule has 1 aliphatic rings. The summed E-state index contributed by atoms with van der Waals surface area (Å²) in [5, 5.41) is 2.77.